The Kier molecular flexibility index (Phi) is 5.21. The quantitative estimate of drug-likeness (QED) is 0.441. The number of halogens is 1. The topological polar surface area (TPSA) is 101 Å². The fraction of sp³-hybridized carbons (Fsp3) is 0.231. The van der Waals surface area contributed by atoms with Crippen molar-refractivity contribution in [1.29, 1.82) is 0 Å². The van der Waals surface area contributed by atoms with Crippen LogP contribution in [0.15, 0.2) is 60.9 Å². The second kappa shape index (κ2) is 8.42. The molecular weight excluding hydrogens is 465 g/mol. The van der Waals surface area contributed by atoms with Gasteiger partial charge in [-0.05, 0) is 54.0 Å². The van der Waals surface area contributed by atoms with E-state index in [2.05, 4.69) is 15.3 Å². The molecule has 3 heterocycles. The van der Waals surface area contributed by atoms with Crippen LogP contribution in [0.5, 0.6) is 0 Å². The highest BCUT2D eigenvalue weighted by atomic mass is 32.1. The molecule has 176 valence electrons. The molecular formula is C26H22FN5O2S. The van der Waals surface area contributed by atoms with Crippen LogP contribution >= 0.6 is 11.3 Å². The van der Waals surface area contributed by atoms with Gasteiger partial charge in [-0.1, -0.05) is 35.6 Å². The van der Waals surface area contributed by atoms with Gasteiger partial charge in [0.05, 0.1) is 10.9 Å². The number of benzene rings is 2. The first-order valence-corrected chi connectivity index (χ1v) is 12.3. The SMILES string of the molecule is Nc1nc(C(=O)N2[C@H](CNC(=O)c3cccc4cnccc34)C[C@@H]3C[C@@H]32)c(-c2cccc(F)c2)s1. The predicted octanol–water partition coefficient (Wildman–Crippen LogP) is 4.11. The van der Waals surface area contributed by atoms with Gasteiger partial charge in [0.1, 0.15) is 11.5 Å². The summed E-state index contributed by atoms with van der Waals surface area (Å²) in [5, 5.41) is 5.01. The van der Waals surface area contributed by atoms with E-state index < -0.39 is 0 Å². The Labute approximate surface area is 204 Å². The molecule has 1 saturated heterocycles. The Morgan fingerprint density at radius 3 is 2.89 bits per heavy atom. The zero-order chi connectivity index (χ0) is 24.1. The molecule has 2 fully saturated rings. The van der Waals surface area contributed by atoms with Gasteiger partial charge in [0.25, 0.3) is 11.8 Å². The van der Waals surface area contributed by atoms with Gasteiger partial charge in [-0.25, -0.2) is 9.37 Å². The molecule has 9 heteroatoms. The summed E-state index contributed by atoms with van der Waals surface area (Å²) >= 11 is 1.17. The number of aromatic nitrogens is 2. The third-order valence-corrected chi connectivity index (χ3v) is 7.74. The molecule has 2 aliphatic rings. The highest BCUT2D eigenvalue weighted by molar-refractivity contribution is 7.19. The zero-order valence-electron chi connectivity index (χ0n) is 18.6. The monoisotopic (exact) mass is 487 g/mol. The number of likely N-dealkylation sites (tertiary alicyclic amines) is 1. The van der Waals surface area contributed by atoms with Gasteiger partial charge in [-0.2, -0.15) is 0 Å². The number of piperidine rings is 1. The number of amides is 2. The molecule has 6 rings (SSSR count). The van der Waals surface area contributed by atoms with Crippen LogP contribution in [0.4, 0.5) is 9.52 Å². The minimum absolute atomic E-state index is 0.135. The molecule has 4 aromatic rings. The summed E-state index contributed by atoms with van der Waals surface area (Å²) in [6.45, 7) is 0.341. The van der Waals surface area contributed by atoms with Crippen LogP contribution in [0.1, 0.15) is 33.7 Å². The first-order valence-electron chi connectivity index (χ1n) is 11.5. The number of nitrogens with one attached hydrogen (secondary N) is 1. The molecule has 1 aliphatic carbocycles. The Balaban J connectivity index is 1.23. The van der Waals surface area contributed by atoms with Crippen molar-refractivity contribution < 1.29 is 14.0 Å². The largest absolute Gasteiger partial charge is 0.375 e. The van der Waals surface area contributed by atoms with E-state index in [9.17, 15) is 14.0 Å². The number of nitrogen functional groups attached to an aromatic ring is 1. The predicted molar refractivity (Wildman–Crippen MR) is 132 cm³/mol. The van der Waals surface area contributed by atoms with Crippen molar-refractivity contribution in [3.05, 3.63) is 78.0 Å². The van der Waals surface area contributed by atoms with E-state index in [0.29, 0.717) is 28.5 Å². The fourth-order valence-electron chi connectivity index (χ4n) is 5.11. The summed E-state index contributed by atoms with van der Waals surface area (Å²) in [5.74, 6) is -0.370. The molecule has 7 nitrogen and oxygen atoms in total. The maximum Gasteiger partial charge on any atom is 0.274 e. The normalized spacial score (nSPS) is 20.6. The lowest BCUT2D eigenvalue weighted by Crippen LogP contribution is -2.45. The average molecular weight is 488 g/mol. The molecule has 3 atom stereocenters. The number of carbonyl (C=O) groups excluding carboxylic acids is 2. The number of hydrogen-bond acceptors (Lipinski definition) is 6. The molecule has 1 aliphatic heterocycles. The van der Waals surface area contributed by atoms with Gasteiger partial charge in [-0.15, -0.1) is 0 Å². The van der Waals surface area contributed by atoms with Crippen LogP contribution in [0, 0.1) is 11.7 Å². The highest BCUT2D eigenvalue weighted by Crippen LogP contribution is 2.49. The van der Waals surface area contributed by atoms with E-state index in [0.717, 1.165) is 23.6 Å². The molecule has 2 aromatic carbocycles. The van der Waals surface area contributed by atoms with Gasteiger partial charge in [0, 0.05) is 35.9 Å². The molecule has 1 saturated carbocycles. The number of rotatable bonds is 5. The molecule has 2 amide bonds. The first-order chi connectivity index (χ1) is 17.0. The fourth-order valence-corrected chi connectivity index (χ4v) is 5.93. The molecule has 0 bridgehead atoms. The Morgan fingerprint density at radius 1 is 1.17 bits per heavy atom. The number of anilines is 1. The van der Waals surface area contributed by atoms with Crippen molar-refractivity contribution >= 4 is 39.1 Å². The van der Waals surface area contributed by atoms with Gasteiger partial charge in [0.2, 0.25) is 0 Å². The molecule has 2 aromatic heterocycles. The summed E-state index contributed by atoms with van der Waals surface area (Å²) < 4.78 is 13.9. The third-order valence-electron chi connectivity index (χ3n) is 6.80. The average Bonchev–Trinajstić information content (AvgIpc) is 3.35. The summed E-state index contributed by atoms with van der Waals surface area (Å²) in [4.78, 5) is 37.5. The van der Waals surface area contributed by atoms with E-state index >= 15 is 0 Å². The Hall–Kier alpha value is -3.85. The van der Waals surface area contributed by atoms with Crippen molar-refractivity contribution in [2.75, 3.05) is 12.3 Å². The van der Waals surface area contributed by atoms with Crippen molar-refractivity contribution in [2.24, 2.45) is 5.92 Å². The maximum absolute atomic E-state index is 13.9. The summed E-state index contributed by atoms with van der Waals surface area (Å²) in [5.41, 5.74) is 7.35. The second-order valence-electron chi connectivity index (χ2n) is 9.02. The lowest BCUT2D eigenvalue weighted by atomic mass is 10.1. The molecule has 0 spiro atoms. The van der Waals surface area contributed by atoms with Crippen molar-refractivity contribution in [3.8, 4) is 10.4 Å². The molecule has 35 heavy (non-hydrogen) atoms. The number of fused-ring (bicyclic) bond motifs is 2. The number of thiazole rings is 1. The zero-order valence-corrected chi connectivity index (χ0v) is 19.5. The van der Waals surface area contributed by atoms with Crippen LogP contribution in [-0.2, 0) is 0 Å². The minimum Gasteiger partial charge on any atom is -0.375 e. The maximum atomic E-state index is 13.9. The third kappa shape index (κ3) is 3.91. The van der Waals surface area contributed by atoms with E-state index in [1.807, 2.05) is 23.1 Å². The van der Waals surface area contributed by atoms with Crippen LogP contribution in [0.25, 0.3) is 21.2 Å². The number of hydrogen-bond donors (Lipinski definition) is 2. The van der Waals surface area contributed by atoms with Crippen molar-refractivity contribution in [3.63, 3.8) is 0 Å². The van der Waals surface area contributed by atoms with Crippen LogP contribution in [0.3, 0.4) is 0 Å². The minimum atomic E-state index is -0.388. The van der Waals surface area contributed by atoms with Gasteiger partial charge >= 0.3 is 0 Å². The number of nitrogens with two attached hydrogens (primary N) is 1. The van der Waals surface area contributed by atoms with E-state index in [1.54, 1.807) is 30.6 Å². The van der Waals surface area contributed by atoms with Crippen LogP contribution in [0.2, 0.25) is 0 Å². The van der Waals surface area contributed by atoms with E-state index in [-0.39, 0.29) is 40.5 Å². The van der Waals surface area contributed by atoms with Crippen molar-refractivity contribution in [2.45, 2.75) is 24.9 Å². The number of pyridine rings is 1. The smallest absolute Gasteiger partial charge is 0.274 e. The van der Waals surface area contributed by atoms with E-state index in [4.69, 9.17) is 5.73 Å². The lowest BCUT2D eigenvalue weighted by molar-refractivity contribution is 0.0685. The number of carbonyl (C=O) groups is 2. The first kappa shape index (κ1) is 21.7. The highest BCUT2D eigenvalue weighted by Gasteiger charge is 2.54. The van der Waals surface area contributed by atoms with Crippen LogP contribution < -0.4 is 11.1 Å². The van der Waals surface area contributed by atoms with Crippen molar-refractivity contribution in [1.82, 2.24) is 20.2 Å². The second-order valence-corrected chi connectivity index (χ2v) is 10.0. The molecule has 3 N–H and O–H groups in total. The Bertz CT molecular complexity index is 1470. The number of nitrogens with zero attached hydrogens (tertiary/aromatic N) is 3. The molecule has 0 unspecified atom stereocenters. The summed E-state index contributed by atoms with van der Waals surface area (Å²) in [6.07, 6.45) is 5.17. The van der Waals surface area contributed by atoms with Gasteiger partial charge in [0.15, 0.2) is 5.13 Å². The van der Waals surface area contributed by atoms with Crippen LogP contribution in [-0.4, -0.2) is 45.3 Å². The standard InChI is InChI=1S/C26H22FN5O2S/c27-17-5-1-3-14(9-17)23-22(31-26(28)35-23)25(34)32-18(10-16-11-21(16)32)13-30-24(33)20-6-2-4-15-12-29-8-7-19(15)20/h1-9,12,16,18,21H,10-11,13H2,(H2,28,31)(H,30,33)/t16-,18+,21+/m1/s1. The van der Waals surface area contributed by atoms with Gasteiger partial charge < -0.3 is 16.0 Å². The Morgan fingerprint density at radius 2 is 2.03 bits per heavy atom. The summed E-state index contributed by atoms with van der Waals surface area (Å²) in [7, 11) is 0. The summed E-state index contributed by atoms with van der Waals surface area (Å²) in [6, 6.07) is 13.4. The molecule has 0 radical (unpaired) electrons. The van der Waals surface area contributed by atoms with E-state index in [1.165, 1.54) is 23.5 Å². The lowest BCUT2D eigenvalue weighted by Gasteiger charge is -2.27. The van der Waals surface area contributed by atoms with Gasteiger partial charge in [-0.3, -0.25) is 14.6 Å².